The van der Waals surface area contributed by atoms with Gasteiger partial charge in [-0.1, -0.05) is 28.1 Å². The minimum Gasteiger partial charge on any atom is -0.371 e. The lowest BCUT2D eigenvalue weighted by Crippen LogP contribution is -2.24. The molecule has 0 N–H and O–H groups in total. The fourth-order valence-corrected chi connectivity index (χ4v) is 2.14. The molecule has 0 amide bonds. The number of halogens is 1. The van der Waals surface area contributed by atoms with Crippen molar-refractivity contribution in [2.24, 2.45) is 0 Å². The van der Waals surface area contributed by atoms with Crippen molar-refractivity contribution in [3.63, 3.8) is 0 Å². The van der Waals surface area contributed by atoms with Crippen LogP contribution < -0.4 is 4.90 Å². The van der Waals surface area contributed by atoms with E-state index in [9.17, 15) is 0 Å². The highest BCUT2D eigenvalue weighted by atomic mass is 79.9. The number of hydrogen-bond acceptors (Lipinski definition) is 2. The van der Waals surface area contributed by atoms with Gasteiger partial charge in [-0.3, -0.25) is 0 Å². The number of nitrogens with zero attached hydrogens (tertiary/aromatic N) is 2. The Morgan fingerprint density at radius 1 is 1.44 bits per heavy atom. The van der Waals surface area contributed by atoms with E-state index in [2.05, 4.69) is 58.9 Å². The first kappa shape index (κ1) is 13.1. The summed E-state index contributed by atoms with van der Waals surface area (Å²) in [5.41, 5.74) is 3.80. The molecule has 0 unspecified atom stereocenters. The molecule has 1 rings (SSSR count). The van der Waals surface area contributed by atoms with Crippen molar-refractivity contribution in [3.05, 3.63) is 29.3 Å². The van der Waals surface area contributed by atoms with Crippen molar-refractivity contribution >= 4 is 21.6 Å². The average Bonchev–Trinajstić information content (AvgIpc) is 2.31. The third-order valence-electron chi connectivity index (χ3n) is 2.63. The van der Waals surface area contributed by atoms with Gasteiger partial charge in [-0.2, -0.15) is 5.26 Å². The molecule has 0 aliphatic carbocycles. The highest BCUT2D eigenvalue weighted by Crippen LogP contribution is 2.22. The Labute approximate surface area is 106 Å². The van der Waals surface area contributed by atoms with E-state index in [1.165, 1.54) is 16.8 Å². The second kappa shape index (κ2) is 6.55. The molecule has 0 aliphatic heterocycles. The lowest BCUT2D eigenvalue weighted by atomic mass is 10.1. The first-order valence-corrected chi connectivity index (χ1v) is 6.62. The summed E-state index contributed by atoms with van der Waals surface area (Å²) in [4.78, 5) is 2.25. The van der Waals surface area contributed by atoms with Gasteiger partial charge in [0, 0.05) is 24.1 Å². The SMILES string of the molecule is CCN(CCC#N)c1ccc(CBr)cc1C. The quantitative estimate of drug-likeness (QED) is 0.771. The van der Waals surface area contributed by atoms with Crippen molar-refractivity contribution in [2.45, 2.75) is 25.6 Å². The zero-order valence-electron chi connectivity index (χ0n) is 9.83. The van der Waals surface area contributed by atoms with E-state index < -0.39 is 0 Å². The van der Waals surface area contributed by atoms with Gasteiger partial charge in [0.15, 0.2) is 0 Å². The van der Waals surface area contributed by atoms with E-state index >= 15 is 0 Å². The Balaban J connectivity index is 2.88. The van der Waals surface area contributed by atoms with Crippen LogP contribution in [0.15, 0.2) is 18.2 Å². The number of rotatable bonds is 5. The van der Waals surface area contributed by atoms with Gasteiger partial charge in [0.1, 0.15) is 0 Å². The first-order valence-electron chi connectivity index (χ1n) is 5.50. The van der Waals surface area contributed by atoms with Crippen LogP contribution in [0.5, 0.6) is 0 Å². The zero-order chi connectivity index (χ0) is 12.0. The second-order valence-electron chi connectivity index (χ2n) is 3.74. The molecule has 2 nitrogen and oxygen atoms in total. The van der Waals surface area contributed by atoms with Crippen LogP contribution in [0.3, 0.4) is 0 Å². The molecule has 0 radical (unpaired) electrons. The summed E-state index contributed by atoms with van der Waals surface area (Å²) >= 11 is 3.46. The molecule has 0 aromatic heterocycles. The van der Waals surface area contributed by atoms with E-state index in [1.54, 1.807) is 0 Å². The molecular weight excluding hydrogens is 264 g/mol. The fourth-order valence-electron chi connectivity index (χ4n) is 1.79. The third-order valence-corrected chi connectivity index (χ3v) is 3.28. The number of nitriles is 1. The van der Waals surface area contributed by atoms with Crippen LogP contribution in [0.4, 0.5) is 5.69 Å². The number of hydrogen-bond donors (Lipinski definition) is 0. The topological polar surface area (TPSA) is 27.0 Å². The Morgan fingerprint density at radius 2 is 2.19 bits per heavy atom. The number of alkyl halides is 1. The van der Waals surface area contributed by atoms with Crippen LogP contribution in [0.1, 0.15) is 24.5 Å². The second-order valence-corrected chi connectivity index (χ2v) is 4.30. The molecule has 1 aromatic carbocycles. The predicted octanol–water partition coefficient (Wildman–Crippen LogP) is 3.63. The lowest BCUT2D eigenvalue weighted by Gasteiger charge is -2.24. The van der Waals surface area contributed by atoms with Gasteiger partial charge in [-0.25, -0.2) is 0 Å². The Morgan fingerprint density at radius 3 is 2.69 bits per heavy atom. The maximum atomic E-state index is 8.63. The summed E-state index contributed by atoms with van der Waals surface area (Å²) < 4.78 is 0. The van der Waals surface area contributed by atoms with E-state index in [-0.39, 0.29) is 0 Å². The van der Waals surface area contributed by atoms with E-state index in [0.717, 1.165) is 18.4 Å². The Hall–Kier alpha value is -1.01. The molecule has 0 spiro atoms. The molecule has 0 saturated carbocycles. The van der Waals surface area contributed by atoms with E-state index in [4.69, 9.17) is 5.26 Å². The summed E-state index contributed by atoms with van der Waals surface area (Å²) in [5.74, 6) is 0. The zero-order valence-corrected chi connectivity index (χ0v) is 11.4. The molecule has 1 aromatic rings. The van der Waals surface area contributed by atoms with Crippen molar-refractivity contribution in [1.82, 2.24) is 0 Å². The lowest BCUT2D eigenvalue weighted by molar-refractivity contribution is 0.823. The highest BCUT2D eigenvalue weighted by Gasteiger charge is 2.07. The fraction of sp³-hybridized carbons (Fsp3) is 0.462. The van der Waals surface area contributed by atoms with Gasteiger partial charge in [0.05, 0.1) is 12.5 Å². The molecule has 3 heteroatoms. The van der Waals surface area contributed by atoms with Gasteiger partial charge in [0.25, 0.3) is 0 Å². The minimum absolute atomic E-state index is 0.577. The molecule has 0 atom stereocenters. The van der Waals surface area contributed by atoms with Crippen LogP contribution >= 0.6 is 15.9 Å². The highest BCUT2D eigenvalue weighted by molar-refractivity contribution is 9.08. The summed E-state index contributed by atoms with van der Waals surface area (Å²) in [5, 5.41) is 9.51. The van der Waals surface area contributed by atoms with Gasteiger partial charge in [0.2, 0.25) is 0 Å². The average molecular weight is 281 g/mol. The van der Waals surface area contributed by atoms with Gasteiger partial charge < -0.3 is 4.90 Å². The van der Waals surface area contributed by atoms with Crippen LogP contribution in [0.2, 0.25) is 0 Å². The van der Waals surface area contributed by atoms with Gasteiger partial charge in [-0.05, 0) is 31.0 Å². The van der Waals surface area contributed by atoms with E-state index in [1.807, 2.05) is 0 Å². The van der Waals surface area contributed by atoms with Crippen molar-refractivity contribution in [2.75, 3.05) is 18.0 Å². The molecule has 0 bridgehead atoms. The summed E-state index contributed by atoms with van der Waals surface area (Å²) in [7, 11) is 0. The summed E-state index contributed by atoms with van der Waals surface area (Å²) in [6.07, 6.45) is 0.577. The summed E-state index contributed by atoms with van der Waals surface area (Å²) in [6.45, 7) is 5.99. The monoisotopic (exact) mass is 280 g/mol. The third kappa shape index (κ3) is 3.24. The molecule has 0 saturated heterocycles. The van der Waals surface area contributed by atoms with Crippen molar-refractivity contribution in [1.29, 1.82) is 5.26 Å². The minimum atomic E-state index is 0.577. The van der Waals surface area contributed by atoms with Gasteiger partial charge in [-0.15, -0.1) is 0 Å². The standard InChI is InChI=1S/C13H17BrN2/c1-3-16(8-4-7-15)13-6-5-12(10-14)9-11(13)2/h5-6,9H,3-4,8,10H2,1-2H3. The number of aryl methyl sites for hydroxylation is 1. The van der Waals surface area contributed by atoms with Crippen molar-refractivity contribution in [3.8, 4) is 6.07 Å². The molecule has 0 heterocycles. The van der Waals surface area contributed by atoms with E-state index in [0.29, 0.717) is 6.42 Å². The summed E-state index contributed by atoms with van der Waals surface area (Å²) in [6, 6.07) is 8.67. The van der Waals surface area contributed by atoms with Crippen molar-refractivity contribution < 1.29 is 0 Å². The molecule has 86 valence electrons. The molecule has 0 aliphatic rings. The van der Waals surface area contributed by atoms with Crippen LogP contribution in [0.25, 0.3) is 0 Å². The molecule has 16 heavy (non-hydrogen) atoms. The Kier molecular flexibility index (Phi) is 5.34. The normalized spacial score (nSPS) is 9.88. The van der Waals surface area contributed by atoms with Gasteiger partial charge >= 0.3 is 0 Å². The smallest absolute Gasteiger partial charge is 0.0640 e. The first-order chi connectivity index (χ1) is 7.72. The number of anilines is 1. The number of benzene rings is 1. The van der Waals surface area contributed by atoms with Crippen LogP contribution in [0, 0.1) is 18.3 Å². The molecule has 0 fully saturated rings. The Bertz CT molecular complexity index is 382. The largest absolute Gasteiger partial charge is 0.371 e. The predicted molar refractivity (Wildman–Crippen MR) is 71.9 cm³/mol. The molecular formula is C13H17BrN2. The maximum absolute atomic E-state index is 8.63. The van der Waals surface area contributed by atoms with Crippen LogP contribution in [-0.4, -0.2) is 13.1 Å². The van der Waals surface area contributed by atoms with Crippen LogP contribution in [-0.2, 0) is 5.33 Å². The maximum Gasteiger partial charge on any atom is 0.0640 e.